The molecule has 0 saturated heterocycles. The maximum atomic E-state index is 13.8. The third kappa shape index (κ3) is 4.23. The van der Waals surface area contributed by atoms with E-state index in [4.69, 9.17) is 27.7 Å². The van der Waals surface area contributed by atoms with Crippen molar-refractivity contribution < 1.29 is 19.0 Å². The molecule has 0 amide bonds. The number of carboxylic acids is 1. The zero-order chi connectivity index (χ0) is 21.3. The topological polar surface area (TPSA) is 66.8 Å². The second kappa shape index (κ2) is 8.50. The molecule has 3 rings (SSSR count). The molecule has 0 aliphatic carbocycles. The fraction of sp³-hybridized carbons (Fsp3) is 0.150. The number of aromatic carboxylic acids is 1. The third-order valence-electron chi connectivity index (χ3n) is 4.45. The van der Waals surface area contributed by atoms with Crippen molar-refractivity contribution in [2.45, 2.75) is 6.92 Å². The molecule has 2 aromatic carbocycles. The average molecular weight is 470 g/mol. The van der Waals surface area contributed by atoms with Gasteiger partial charge in [-0.1, -0.05) is 53.0 Å². The summed E-state index contributed by atoms with van der Waals surface area (Å²) in [5, 5.41) is 10.5. The number of thiophene rings is 1. The van der Waals surface area contributed by atoms with Crippen LogP contribution >= 0.6 is 42.1 Å². The van der Waals surface area contributed by atoms with Crippen LogP contribution in [0.5, 0.6) is 0 Å². The molecule has 0 aliphatic heterocycles. The fourth-order valence-corrected chi connectivity index (χ4v) is 6.50. The van der Waals surface area contributed by atoms with Crippen molar-refractivity contribution >= 4 is 59.0 Å². The summed E-state index contributed by atoms with van der Waals surface area (Å²) in [5.41, 5.74) is 2.26. The summed E-state index contributed by atoms with van der Waals surface area (Å²) in [5.74, 6) is -1.11. The first-order chi connectivity index (χ1) is 13.7. The van der Waals surface area contributed by atoms with Gasteiger partial charge in [-0.05, 0) is 36.8 Å². The molecular formula is C20H18Cl2NO4PS. The average Bonchev–Trinajstić information content (AvgIpc) is 3.13. The van der Waals surface area contributed by atoms with Crippen LogP contribution in [0.2, 0.25) is 10.0 Å². The van der Waals surface area contributed by atoms with Crippen LogP contribution in [0.3, 0.4) is 0 Å². The number of halogens is 2. The Bertz CT molecular complexity index is 1110. The first kappa shape index (κ1) is 21.9. The molecule has 1 heterocycles. The van der Waals surface area contributed by atoms with Crippen LogP contribution in [0, 0.1) is 6.92 Å². The van der Waals surface area contributed by atoms with Crippen molar-refractivity contribution in [3.63, 3.8) is 0 Å². The normalized spacial score (nSPS) is 13.1. The molecule has 1 aromatic heterocycles. The monoisotopic (exact) mass is 469 g/mol. The van der Waals surface area contributed by atoms with Crippen LogP contribution in [-0.4, -0.2) is 25.2 Å². The van der Waals surface area contributed by atoms with Crippen LogP contribution in [0.1, 0.15) is 15.2 Å². The second-order valence-electron chi connectivity index (χ2n) is 6.32. The van der Waals surface area contributed by atoms with Crippen LogP contribution in [0.15, 0.2) is 48.5 Å². The zero-order valence-corrected chi connectivity index (χ0v) is 19.1. The van der Waals surface area contributed by atoms with E-state index in [1.54, 1.807) is 12.1 Å². The smallest absolute Gasteiger partial charge is 0.348 e. The molecule has 0 radical (unpaired) electrons. The molecule has 1 atom stereocenters. The Hall–Kier alpha value is -1.82. The predicted octanol–water partition coefficient (Wildman–Crippen LogP) is 6.33. The van der Waals surface area contributed by atoms with E-state index in [0.717, 1.165) is 27.3 Å². The van der Waals surface area contributed by atoms with Gasteiger partial charge in [0.25, 0.3) is 0 Å². The quantitative estimate of drug-likeness (QED) is 0.427. The Morgan fingerprint density at radius 1 is 1.14 bits per heavy atom. The van der Waals surface area contributed by atoms with E-state index in [0.29, 0.717) is 5.02 Å². The Morgan fingerprint density at radius 2 is 1.79 bits per heavy atom. The number of hydrogen-bond donors (Lipinski definition) is 1. The molecule has 0 spiro atoms. The summed E-state index contributed by atoms with van der Waals surface area (Å²) in [6.45, 7) is 1.98. The lowest BCUT2D eigenvalue weighted by molar-refractivity contribution is 0.0703. The Morgan fingerprint density at radius 3 is 2.34 bits per heavy atom. The van der Waals surface area contributed by atoms with Crippen molar-refractivity contribution in [3.05, 3.63) is 69.0 Å². The Balaban J connectivity index is 2.13. The van der Waals surface area contributed by atoms with E-state index in [1.165, 1.54) is 31.0 Å². The highest BCUT2D eigenvalue weighted by molar-refractivity contribution is 7.68. The van der Waals surface area contributed by atoms with Crippen LogP contribution in [0.25, 0.3) is 10.4 Å². The van der Waals surface area contributed by atoms with Gasteiger partial charge in [0.15, 0.2) is 0 Å². The van der Waals surface area contributed by atoms with Crippen molar-refractivity contribution in [1.29, 1.82) is 0 Å². The van der Waals surface area contributed by atoms with Crippen molar-refractivity contribution in [3.8, 4) is 10.4 Å². The van der Waals surface area contributed by atoms with E-state index in [9.17, 15) is 14.5 Å². The van der Waals surface area contributed by atoms with Crippen molar-refractivity contribution in [2.24, 2.45) is 0 Å². The number of carboxylic acid groups (broad SMARTS) is 1. The lowest BCUT2D eigenvalue weighted by Gasteiger charge is -2.29. The summed E-state index contributed by atoms with van der Waals surface area (Å²) in [6.07, 6.45) is 0. The molecule has 5 nitrogen and oxygen atoms in total. The molecule has 29 heavy (non-hydrogen) atoms. The maximum Gasteiger partial charge on any atom is 0.348 e. The van der Waals surface area contributed by atoms with Crippen molar-refractivity contribution in [1.82, 2.24) is 0 Å². The second-order valence-corrected chi connectivity index (χ2v) is 10.7. The number of aryl methyl sites for hydroxylation is 1. The Kier molecular flexibility index (Phi) is 6.42. The van der Waals surface area contributed by atoms with E-state index < -0.39 is 13.5 Å². The van der Waals surface area contributed by atoms with Gasteiger partial charge in [0.1, 0.15) is 4.88 Å². The van der Waals surface area contributed by atoms with E-state index in [1.807, 2.05) is 31.2 Å². The first-order valence-electron chi connectivity index (χ1n) is 8.47. The summed E-state index contributed by atoms with van der Waals surface area (Å²) in [7, 11) is -0.858. The van der Waals surface area contributed by atoms with E-state index >= 15 is 0 Å². The molecule has 1 unspecified atom stereocenters. The van der Waals surface area contributed by atoms with E-state index in [2.05, 4.69) is 0 Å². The molecule has 0 aliphatic rings. The first-order valence-corrected chi connectivity index (χ1v) is 11.6. The summed E-state index contributed by atoms with van der Waals surface area (Å²) >= 11 is 13.3. The third-order valence-corrected chi connectivity index (χ3v) is 8.79. The van der Waals surface area contributed by atoms with Crippen LogP contribution in [0.4, 0.5) is 5.69 Å². The van der Waals surface area contributed by atoms with Gasteiger partial charge in [-0.25, -0.2) is 4.79 Å². The fourth-order valence-electron chi connectivity index (χ4n) is 2.87. The van der Waals surface area contributed by atoms with Gasteiger partial charge in [0.2, 0.25) is 0 Å². The molecule has 9 heteroatoms. The van der Waals surface area contributed by atoms with Gasteiger partial charge in [0, 0.05) is 24.1 Å². The maximum absolute atomic E-state index is 13.8. The molecule has 0 bridgehead atoms. The molecular weight excluding hydrogens is 452 g/mol. The number of nitrogens with zero attached hydrogens (tertiary/aromatic N) is 1. The van der Waals surface area contributed by atoms with Gasteiger partial charge >= 0.3 is 13.5 Å². The highest BCUT2D eigenvalue weighted by atomic mass is 35.5. The van der Waals surface area contributed by atoms with E-state index in [-0.39, 0.29) is 20.9 Å². The van der Waals surface area contributed by atoms with Crippen LogP contribution < -0.4 is 9.97 Å². The highest BCUT2D eigenvalue weighted by Crippen LogP contribution is 2.54. The molecule has 0 fully saturated rings. The minimum Gasteiger partial charge on any atom is -0.477 e. The molecule has 152 valence electrons. The number of benzene rings is 2. The Labute approximate surface area is 183 Å². The SMILES string of the molecule is COP(=O)(c1ccc(Cl)cc1Cl)N(C)c1cc(-c2ccc(C)cc2)sc1C(=O)O. The standard InChI is InChI=1S/C20H18Cl2NO4PS/c1-12-4-6-13(7-5-12)18-11-16(19(29-18)20(24)25)23(2)28(26,27-3)17-9-8-14(21)10-15(17)22/h4-11H,1-3H3,(H,24,25). The predicted molar refractivity (Wildman–Crippen MR) is 121 cm³/mol. The van der Waals surface area contributed by atoms with Crippen molar-refractivity contribution in [2.75, 3.05) is 18.8 Å². The summed E-state index contributed by atoms with van der Waals surface area (Å²) in [6, 6.07) is 14.0. The summed E-state index contributed by atoms with van der Waals surface area (Å²) in [4.78, 5) is 12.7. The van der Waals surface area contributed by atoms with Crippen LogP contribution in [-0.2, 0) is 9.09 Å². The van der Waals surface area contributed by atoms with Gasteiger partial charge in [-0.2, -0.15) is 0 Å². The summed E-state index contributed by atoms with van der Waals surface area (Å²) < 4.78 is 20.5. The lowest BCUT2D eigenvalue weighted by atomic mass is 10.1. The lowest BCUT2D eigenvalue weighted by Crippen LogP contribution is -2.24. The number of rotatable bonds is 6. The number of carbonyl (C=O) groups is 1. The molecule has 3 aromatic rings. The van der Waals surface area contributed by atoms with Gasteiger partial charge in [0.05, 0.1) is 16.0 Å². The van der Waals surface area contributed by atoms with Gasteiger partial charge in [-0.3, -0.25) is 9.24 Å². The minimum atomic E-state index is -3.69. The van der Waals surface area contributed by atoms with Gasteiger partial charge < -0.3 is 9.63 Å². The molecule has 0 saturated carbocycles. The van der Waals surface area contributed by atoms with Gasteiger partial charge in [-0.15, -0.1) is 11.3 Å². The number of anilines is 1. The minimum absolute atomic E-state index is 0.0606. The largest absolute Gasteiger partial charge is 0.477 e. The number of hydrogen-bond acceptors (Lipinski definition) is 4. The highest BCUT2D eigenvalue weighted by Gasteiger charge is 2.36. The zero-order valence-electron chi connectivity index (χ0n) is 15.8. The molecule has 1 N–H and O–H groups in total.